The van der Waals surface area contributed by atoms with E-state index in [2.05, 4.69) is 5.32 Å². The van der Waals surface area contributed by atoms with Crippen molar-refractivity contribution in [3.63, 3.8) is 0 Å². The lowest BCUT2D eigenvalue weighted by Crippen LogP contribution is -2.59. The van der Waals surface area contributed by atoms with Crippen molar-refractivity contribution in [3.05, 3.63) is 30.1 Å². The Morgan fingerprint density at radius 2 is 2.05 bits per heavy atom. The van der Waals surface area contributed by atoms with Crippen LogP contribution in [0, 0.1) is 11.7 Å². The summed E-state index contributed by atoms with van der Waals surface area (Å²) in [7, 11) is 1.43. The Labute approximate surface area is 129 Å². The van der Waals surface area contributed by atoms with E-state index in [0.29, 0.717) is 11.7 Å². The molecule has 1 unspecified atom stereocenters. The number of hydrogen-bond donors (Lipinski definition) is 1. The molecule has 0 bridgehead atoms. The van der Waals surface area contributed by atoms with Crippen molar-refractivity contribution in [1.29, 1.82) is 0 Å². The molecule has 1 fully saturated rings. The molecule has 0 radical (unpaired) electrons. The van der Waals surface area contributed by atoms with Gasteiger partial charge in [-0.2, -0.15) is 0 Å². The van der Waals surface area contributed by atoms with Crippen molar-refractivity contribution in [1.82, 2.24) is 5.32 Å². The molecule has 0 saturated heterocycles. The van der Waals surface area contributed by atoms with Gasteiger partial charge in [-0.25, -0.2) is 4.39 Å². The van der Waals surface area contributed by atoms with Gasteiger partial charge in [-0.15, -0.1) is 11.8 Å². The topological polar surface area (TPSA) is 38.3 Å². The van der Waals surface area contributed by atoms with E-state index in [1.807, 2.05) is 13.8 Å². The van der Waals surface area contributed by atoms with Crippen molar-refractivity contribution in [2.45, 2.75) is 43.2 Å². The van der Waals surface area contributed by atoms with Crippen LogP contribution in [0.4, 0.5) is 4.39 Å². The highest BCUT2D eigenvalue weighted by Gasteiger charge is 2.52. The maximum Gasteiger partial charge on any atom is 0.327 e. The fourth-order valence-electron chi connectivity index (χ4n) is 2.56. The third kappa shape index (κ3) is 3.98. The molecule has 0 aliphatic heterocycles. The van der Waals surface area contributed by atoms with Gasteiger partial charge >= 0.3 is 5.97 Å². The molecule has 1 N–H and O–H groups in total. The largest absolute Gasteiger partial charge is 0.468 e. The molecule has 3 nitrogen and oxygen atoms in total. The number of carbonyl (C=O) groups is 1. The molecule has 116 valence electrons. The summed E-state index contributed by atoms with van der Waals surface area (Å²) in [6.45, 7) is 4.06. The number of esters is 1. The second-order valence-corrected chi connectivity index (χ2v) is 6.83. The van der Waals surface area contributed by atoms with Crippen LogP contribution < -0.4 is 5.32 Å². The fourth-order valence-corrected chi connectivity index (χ4v) is 3.72. The molecular formula is C16H22FNO2S. The van der Waals surface area contributed by atoms with Gasteiger partial charge in [-0.3, -0.25) is 10.1 Å². The number of hydrogen-bond acceptors (Lipinski definition) is 4. The molecule has 5 heteroatoms. The van der Waals surface area contributed by atoms with Crippen LogP contribution in [0.1, 0.15) is 26.7 Å². The minimum absolute atomic E-state index is 0.193. The van der Waals surface area contributed by atoms with Crippen molar-refractivity contribution in [2.75, 3.05) is 12.9 Å². The van der Waals surface area contributed by atoms with Gasteiger partial charge < -0.3 is 4.74 Å². The van der Waals surface area contributed by atoms with E-state index >= 15 is 0 Å². The summed E-state index contributed by atoms with van der Waals surface area (Å²) < 4.78 is 18.0. The van der Waals surface area contributed by atoms with Crippen LogP contribution in [-0.2, 0) is 9.53 Å². The number of thioether (sulfide) groups is 1. The molecule has 1 aliphatic carbocycles. The first-order valence-electron chi connectivity index (χ1n) is 7.22. The summed E-state index contributed by atoms with van der Waals surface area (Å²) in [5.74, 6) is 0.462. The number of carbonyl (C=O) groups excluding carboxylic acids is 1. The van der Waals surface area contributed by atoms with Crippen molar-refractivity contribution in [3.8, 4) is 0 Å². The Kier molecular flexibility index (Phi) is 5.27. The predicted molar refractivity (Wildman–Crippen MR) is 82.9 cm³/mol. The molecule has 0 spiro atoms. The highest BCUT2D eigenvalue weighted by atomic mass is 32.2. The van der Waals surface area contributed by atoms with Crippen LogP contribution in [0.5, 0.6) is 0 Å². The SMILES string of the molecule is COC(=O)C(CSc1ccc(F)cc1)(NC(C)C)C1CC1. The molecule has 2 rings (SSSR count). The second-order valence-electron chi connectivity index (χ2n) is 5.78. The molecule has 0 amide bonds. The first kappa shape index (κ1) is 16.3. The van der Waals surface area contributed by atoms with E-state index in [0.717, 1.165) is 17.7 Å². The predicted octanol–water partition coefficient (Wildman–Crippen LogP) is 3.24. The average molecular weight is 311 g/mol. The zero-order valence-electron chi connectivity index (χ0n) is 12.7. The molecule has 1 aliphatic rings. The van der Waals surface area contributed by atoms with Crippen LogP contribution in [0.3, 0.4) is 0 Å². The van der Waals surface area contributed by atoms with Crippen molar-refractivity contribution in [2.24, 2.45) is 5.92 Å². The summed E-state index contributed by atoms with van der Waals surface area (Å²) in [5.41, 5.74) is -0.651. The van der Waals surface area contributed by atoms with Gasteiger partial charge in [0.05, 0.1) is 7.11 Å². The van der Waals surface area contributed by atoms with E-state index in [1.165, 1.54) is 19.2 Å². The molecule has 21 heavy (non-hydrogen) atoms. The number of rotatable bonds is 7. The smallest absolute Gasteiger partial charge is 0.327 e. The molecule has 0 aromatic heterocycles. The third-order valence-corrected chi connectivity index (χ3v) is 4.86. The monoisotopic (exact) mass is 311 g/mol. The van der Waals surface area contributed by atoms with Gasteiger partial charge in [-0.1, -0.05) is 0 Å². The first-order chi connectivity index (χ1) is 9.98. The average Bonchev–Trinajstić information content (AvgIpc) is 3.28. The van der Waals surface area contributed by atoms with E-state index in [-0.39, 0.29) is 17.8 Å². The van der Waals surface area contributed by atoms with Crippen molar-refractivity contribution < 1.29 is 13.9 Å². The maximum atomic E-state index is 13.0. The molecule has 1 aromatic rings. The van der Waals surface area contributed by atoms with Gasteiger partial charge in [0.2, 0.25) is 0 Å². The summed E-state index contributed by atoms with van der Waals surface area (Å²) in [6.07, 6.45) is 2.08. The maximum absolute atomic E-state index is 13.0. The molecule has 1 atom stereocenters. The Morgan fingerprint density at radius 3 is 2.52 bits per heavy atom. The molecule has 1 aromatic carbocycles. The van der Waals surface area contributed by atoms with Crippen LogP contribution >= 0.6 is 11.8 Å². The van der Waals surface area contributed by atoms with Crippen LogP contribution in [0.2, 0.25) is 0 Å². The molecular weight excluding hydrogens is 289 g/mol. The standard InChI is InChI=1S/C16H22FNO2S/c1-11(2)18-16(12-4-5-12,15(19)20-3)10-21-14-8-6-13(17)7-9-14/h6-9,11-12,18H,4-5,10H2,1-3H3. The quantitative estimate of drug-likeness (QED) is 0.620. The van der Waals surface area contributed by atoms with E-state index in [1.54, 1.807) is 23.9 Å². The first-order valence-corrected chi connectivity index (χ1v) is 8.21. The van der Waals surface area contributed by atoms with Gasteiger partial charge in [0.25, 0.3) is 0 Å². The number of methoxy groups -OCH3 is 1. The summed E-state index contributed by atoms with van der Waals surface area (Å²) in [5, 5.41) is 3.42. The number of ether oxygens (including phenoxy) is 1. The minimum atomic E-state index is -0.651. The molecule has 1 saturated carbocycles. The van der Waals surface area contributed by atoms with E-state index in [4.69, 9.17) is 4.74 Å². The van der Waals surface area contributed by atoms with Gasteiger partial charge in [0, 0.05) is 16.7 Å². The van der Waals surface area contributed by atoms with Crippen LogP contribution in [0.15, 0.2) is 29.2 Å². The highest BCUT2D eigenvalue weighted by molar-refractivity contribution is 7.99. The zero-order chi connectivity index (χ0) is 15.5. The summed E-state index contributed by atoms with van der Waals surface area (Å²) in [6, 6.07) is 6.55. The number of halogens is 1. The van der Waals surface area contributed by atoms with Crippen LogP contribution in [-0.4, -0.2) is 30.4 Å². The lowest BCUT2D eigenvalue weighted by atomic mass is 9.94. The summed E-state index contributed by atoms with van der Waals surface area (Å²) >= 11 is 1.56. The van der Waals surface area contributed by atoms with Crippen molar-refractivity contribution >= 4 is 17.7 Å². The summed E-state index contributed by atoms with van der Waals surface area (Å²) in [4.78, 5) is 13.3. The molecule has 0 heterocycles. The lowest BCUT2D eigenvalue weighted by Gasteiger charge is -2.34. The Morgan fingerprint density at radius 1 is 1.43 bits per heavy atom. The van der Waals surface area contributed by atoms with Crippen LogP contribution in [0.25, 0.3) is 0 Å². The minimum Gasteiger partial charge on any atom is -0.468 e. The highest BCUT2D eigenvalue weighted by Crippen LogP contribution is 2.43. The number of nitrogens with one attached hydrogen (secondary N) is 1. The third-order valence-electron chi connectivity index (χ3n) is 3.65. The van der Waals surface area contributed by atoms with Gasteiger partial charge in [-0.05, 0) is 56.9 Å². The zero-order valence-corrected chi connectivity index (χ0v) is 13.5. The lowest BCUT2D eigenvalue weighted by molar-refractivity contribution is -0.148. The van der Waals surface area contributed by atoms with Gasteiger partial charge in [0.15, 0.2) is 0 Å². The Hall–Kier alpha value is -1.07. The fraction of sp³-hybridized carbons (Fsp3) is 0.562. The van der Waals surface area contributed by atoms with E-state index in [9.17, 15) is 9.18 Å². The van der Waals surface area contributed by atoms with E-state index < -0.39 is 5.54 Å². The normalized spacial score (nSPS) is 17.6. The Bertz CT molecular complexity index is 488. The van der Waals surface area contributed by atoms with Gasteiger partial charge in [0.1, 0.15) is 11.4 Å². The second kappa shape index (κ2) is 6.79. The number of benzene rings is 1. The Balaban J connectivity index is 2.14.